The van der Waals surface area contributed by atoms with E-state index in [9.17, 15) is 27.1 Å². The van der Waals surface area contributed by atoms with Gasteiger partial charge < -0.3 is 10.8 Å². The third-order valence-electron chi connectivity index (χ3n) is 2.22. The van der Waals surface area contributed by atoms with Crippen molar-refractivity contribution < 1.29 is 27.1 Å². The van der Waals surface area contributed by atoms with Crippen LogP contribution in [0, 0.1) is 11.6 Å². The molecule has 0 bridgehead atoms. The van der Waals surface area contributed by atoms with Crippen molar-refractivity contribution in [3.8, 4) is 0 Å². The Hall–Kier alpha value is -1.21. The molecule has 3 N–H and O–H groups in total. The van der Waals surface area contributed by atoms with Gasteiger partial charge in [-0.1, -0.05) is 6.07 Å². The molecule has 1 aromatic carbocycles. The Morgan fingerprint density at radius 2 is 1.82 bits per heavy atom. The van der Waals surface area contributed by atoms with Crippen LogP contribution in [0.4, 0.5) is 22.0 Å². The van der Waals surface area contributed by atoms with Crippen LogP contribution in [-0.4, -0.2) is 17.3 Å². The molecule has 2 nitrogen and oxygen atoms in total. The highest BCUT2D eigenvalue weighted by Crippen LogP contribution is 2.28. The second kappa shape index (κ2) is 4.97. The Balaban J connectivity index is 2.80. The molecule has 7 heteroatoms. The summed E-state index contributed by atoms with van der Waals surface area (Å²) in [4.78, 5) is 0. The second-order valence-corrected chi connectivity index (χ2v) is 3.57. The van der Waals surface area contributed by atoms with Crippen molar-refractivity contribution in [3.63, 3.8) is 0 Å². The van der Waals surface area contributed by atoms with Crippen molar-refractivity contribution in [2.75, 3.05) is 0 Å². The number of hydrogen-bond donors (Lipinski definition) is 2. The zero-order valence-corrected chi connectivity index (χ0v) is 8.51. The first-order valence-electron chi connectivity index (χ1n) is 4.67. The van der Waals surface area contributed by atoms with Gasteiger partial charge in [0, 0.05) is 18.1 Å². The smallest absolute Gasteiger partial charge is 0.388 e. The number of alkyl halides is 3. The molecule has 0 unspecified atom stereocenters. The molecule has 0 amide bonds. The van der Waals surface area contributed by atoms with Crippen LogP contribution in [0.5, 0.6) is 0 Å². The summed E-state index contributed by atoms with van der Waals surface area (Å²) < 4.78 is 62.0. The number of rotatable bonds is 3. The van der Waals surface area contributed by atoms with Crippen LogP contribution in [0.25, 0.3) is 0 Å². The molecule has 96 valence electrons. The van der Waals surface area contributed by atoms with E-state index in [0.29, 0.717) is 6.07 Å². The third kappa shape index (κ3) is 3.64. The molecule has 2 atom stereocenters. The highest BCUT2D eigenvalue weighted by atomic mass is 19.4. The fraction of sp³-hybridized carbons (Fsp3) is 0.400. The van der Waals surface area contributed by atoms with Crippen molar-refractivity contribution in [2.24, 2.45) is 5.73 Å². The fourth-order valence-electron chi connectivity index (χ4n) is 1.27. The Kier molecular flexibility index (Phi) is 4.05. The van der Waals surface area contributed by atoms with Crippen LogP contribution in [0.2, 0.25) is 0 Å². The van der Waals surface area contributed by atoms with Crippen LogP contribution >= 0.6 is 0 Å². The van der Waals surface area contributed by atoms with E-state index in [1.54, 1.807) is 0 Å². The van der Waals surface area contributed by atoms with E-state index >= 15 is 0 Å². The fourth-order valence-corrected chi connectivity index (χ4v) is 1.27. The van der Waals surface area contributed by atoms with E-state index < -0.39 is 41.9 Å². The monoisotopic (exact) mass is 255 g/mol. The number of halogens is 5. The predicted molar refractivity (Wildman–Crippen MR) is 50.0 cm³/mol. The Bertz CT molecular complexity index is 393. The number of hydrogen-bond acceptors (Lipinski definition) is 2. The summed E-state index contributed by atoms with van der Waals surface area (Å²) in [6.07, 6.45) is -7.28. The van der Waals surface area contributed by atoms with Gasteiger partial charge in [-0.15, -0.1) is 0 Å². The molecule has 0 radical (unpaired) electrons. The highest BCUT2D eigenvalue weighted by molar-refractivity contribution is 5.21. The first-order chi connectivity index (χ1) is 7.71. The molecule has 1 rings (SSSR count). The zero-order chi connectivity index (χ0) is 13.2. The van der Waals surface area contributed by atoms with E-state index in [1.165, 1.54) is 0 Å². The third-order valence-corrected chi connectivity index (χ3v) is 2.22. The van der Waals surface area contributed by atoms with Gasteiger partial charge in [0.15, 0.2) is 0 Å². The summed E-state index contributed by atoms with van der Waals surface area (Å²) in [5, 5.41) is 9.38. The van der Waals surface area contributed by atoms with E-state index in [0.717, 1.165) is 12.1 Å². The molecule has 0 aliphatic heterocycles. The molecule has 0 aliphatic rings. The largest absolute Gasteiger partial charge is 0.403 e. The summed E-state index contributed by atoms with van der Waals surface area (Å²) in [7, 11) is 0. The number of aliphatic hydroxyl groups is 1. The number of aliphatic hydroxyl groups excluding tert-OH is 1. The lowest BCUT2D eigenvalue weighted by molar-refractivity contribution is -0.154. The van der Waals surface area contributed by atoms with Crippen LogP contribution in [-0.2, 0) is 0 Å². The molecule has 0 saturated heterocycles. The van der Waals surface area contributed by atoms with Gasteiger partial charge in [-0.3, -0.25) is 0 Å². The maximum atomic E-state index is 13.1. The van der Waals surface area contributed by atoms with E-state index in [4.69, 9.17) is 5.73 Å². The van der Waals surface area contributed by atoms with Gasteiger partial charge in [0.25, 0.3) is 0 Å². The summed E-state index contributed by atoms with van der Waals surface area (Å²) >= 11 is 0. The van der Waals surface area contributed by atoms with Crippen LogP contribution in [0.3, 0.4) is 0 Å². The SMILES string of the molecule is N[C@H](C[C@H](O)c1ccc(F)cc1F)C(F)(F)F. The highest BCUT2D eigenvalue weighted by Gasteiger charge is 2.38. The van der Waals surface area contributed by atoms with Gasteiger partial charge in [-0.25, -0.2) is 8.78 Å². The van der Waals surface area contributed by atoms with Gasteiger partial charge in [-0.05, 0) is 6.07 Å². The molecule has 0 fully saturated rings. The molecule has 1 aromatic rings. The topological polar surface area (TPSA) is 46.2 Å². The Morgan fingerprint density at radius 1 is 1.24 bits per heavy atom. The van der Waals surface area contributed by atoms with Crippen molar-refractivity contribution in [2.45, 2.75) is 24.7 Å². The lowest BCUT2D eigenvalue weighted by Gasteiger charge is -2.19. The van der Waals surface area contributed by atoms with Gasteiger partial charge in [-0.2, -0.15) is 13.2 Å². The van der Waals surface area contributed by atoms with Gasteiger partial charge in [0.1, 0.15) is 17.7 Å². The van der Waals surface area contributed by atoms with E-state index in [-0.39, 0.29) is 0 Å². The van der Waals surface area contributed by atoms with Crippen LogP contribution in [0.15, 0.2) is 18.2 Å². The van der Waals surface area contributed by atoms with Crippen molar-refractivity contribution in [1.82, 2.24) is 0 Å². The predicted octanol–water partition coefficient (Wildman–Crippen LogP) is 2.28. The first kappa shape index (κ1) is 13.9. The van der Waals surface area contributed by atoms with Crippen LogP contribution in [0.1, 0.15) is 18.1 Å². The van der Waals surface area contributed by atoms with Gasteiger partial charge >= 0.3 is 6.18 Å². The van der Waals surface area contributed by atoms with E-state index in [2.05, 4.69) is 0 Å². The molecular weight excluding hydrogens is 245 g/mol. The second-order valence-electron chi connectivity index (χ2n) is 3.57. The number of benzene rings is 1. The minimum Gasteiger partial charge on any atom is -0.388 e. The van der Waals surface area contributed by atoms with Crippen LogP contribution < -0.4 is 5.73 Å². The normalized spacial score (nSPS) is 15.7. The molecule has 0 aliphatic carbocycles. The molecule has 0 aromatic heterocycles. The quantitative estimate of drug-likeness (QED) is 0.814. The van der Waals surface area contributed by atoms with Crippen molar-refractivity contribution in [3.05, 3.63) is 35.4 Å². The summed E-state index contributed by atoms with van der Waals surface area (Å²) in [6.45, 7) is 0. The van der Waals surface area contributed by atoms with Crippen molar-refractivity contribution >= 4 is 0 Å². The summed E-state index contributed by atoms with van der Waals surface area (Å²) in [5.74, 6) is -1.98. The lowest BCUT2D eigenvalue weighted by Crippen LogP contribution is -2.38. The minimum atomic E-state index is -4.67. The number of nitrogens with two attached hydrogens (primary N) is 1. The average molecular weight is 255 g/mol. The molecule has 17 heavy (non-hydrogen) atoms. The van der Waals surface area contributed by atoms with E-state index in [1.807, 2.05) is 0 Å². The minimum absolute atomic E-state index is 0.411. The Labute approximate surface area is 93.9 Å². The molecule has 0 heterocycles. The van der Waals surface area contributed by atoms with Crippen molar-refractivity contribution in [1.29, 1.82) is 0 Å². The average Bonchev–Trinajstić information content (AvgIpc) is 2.15. The zero-order valence-electron chi connectivity index (χ0n) is 8.51. The lowest BCUT2D eigenvalue weighted by atomic mass is 10.0. The maximum Gasteiger partial charge on any atom is 0.403 e. The Morgan fingerprint density at radius 3 is 2.29 bits per heavy atom. The standard InChI is InChI=1S/C10H10F5NO/c11-5-1-2-6(7(12)3-5)8(17)4-9(16)10(13,14)15/h1-3,8-9,17H,4,16H2/t8-,9+/m0/s1. The summed E-state index contributed by atoms with van der Waals surface area (Å²) in [5.41, 5.74) is 4.38. The molecule has 0 saturated carbocycles. The van der Waals surface area contributed by atoms with Gasteiger partial charge in [0.2, 0.25) is 0 Å². The van der Waals surface area contributed by atoms with Gasteiger partial charge in [0.05, 0.1) is 6.10 Å². The maximum absolute atomic E-state index is 13.1. The molecule has 0 spiro atoms. The first-order valence-corrected chi connectivity index (χ1v) is 4.67. The molecular formula is C10H10F5NO. The summed E-state index contributed by atoms with van der Waals surface area (Å²) in [6, 6.07) is -0.0430.